The quantitative estimate of drug-likeness (QED) is 0.446. The van der Waals surface area contributed by atoms with Crippen LogP contribution in [0, 0.1) is 0 Å². The van der Waals surface area contributed by atoms with Gasteiger partial charge in [-0.05, 0) is 15.9 Å². The molecule has 3 rings (SSSR count). The molecule has 0 unspecified atom stereocenters. The first-order chi connectivity index (χ1) is 9.93. The molecule has 1 fully saturated rings. The number of H-pyrrole nitrogens is 1. The molecule has 1 aliphatic heterocycles. The van der Waals surface area contributed by atoms with E-state index in [1.165, 1.54) is 10.8 Å². The molecule has 1 aliphatic rings. The zero-order valence-corrected chi connectivity index (χ0v) is 12.2. The first-order valence-electron chi connectivity index (χ1n) is 6.12. The molecule has 0 aromatic carbocycles. The normalized spacial score (nSPS) is 29.3. The molecule has 2 aromatic heterocycles. The number of rotatable bonds is 2. The van der Waals surface area contributed by atoms with Gasteiger partial charge in [0.2, 0.25) is 5.95 Å². The van der Waals surface area contributed by atoms with Gasteiger partial charge in [0.05, 0.1) is 16.5 Å². The third-order valence-electron chi connectivity index (χ3n) is 3.45. The number of halogens is 1. The second kappa shape index (κ2) is 5.07. The Labute approximate surface area is 126 Å². The molecule has 0 bridgehead atoms. The monoisotopic (exact) mass is 360 g/mol. The Balaban J connectivity index is 2.16. The first kappa shape index (κ1) is 14.5. The third kappa shape index (κ3) is 2.15. The molecule has 0 spiro atoms. The van der Waals surface area contributed by atoms with Gasteiger partial charge in [0.25, 0.3) is 5.56 Å². The molecule has 1 saturated heterocycles. The summed E-state index contributed by atoms with van der Waals surface area (Å²) < 4.78 is 7.27. The van der Waals surface area contributed by atoms with Crippen LogP contribution in [-0.2, 0) is 4.74 Å². The number of hydrogen-bond acceptors (Lipinski definition) is 7. The molecular formula is C11H13BrN4O5. The van der Waals surface area contributed by atoms with Gasteiger partial charge in [-0.15, -0.1) is 0 Å². The van der Waals surface area contributed by atoms with Crippen LogP contribution >= 0.6 is 15.9 Å². The van der Waals surface area contributed by atoms with Crippen LogP contribution in [0.3, 0.4) is 0 Å². The van der Waals surface area contributed by atoms with Gasteiger partial charge in [-0.2, -0.15) is 4.98 Å². The van der Waals surface area contributed by atoms with Gasteiger partial charge in [0.1, 0.15) is 18.3 Å². The summed E-state index contributed by atoms with van der Waals surface area (Å²) in [7, 11) is 0. The number of nitrogens with two attached hydrogens (primary N) is 1. The first-order valence-corrected chi connectivity index (χ1v) is 6.91. The van der Waals surface area contributed by atoms with E-state index < -0.39 is 36.7 Å². The molecular weight excluding hydrogens is 348 g/mol. The van der Waals surface area contributed by atoms with Crippen LogP contribution in [0.4, 0.5) is 5.95 Å². The SMILES string of the molecule is Nc1nc2c(c(Br)cn2[C@@H]2O[C@H](CO)[C@@H](O)[C@H]2O)c(=O)[nH]1. The fraction of sp³-hybridized carbons (Fsp3) is 0.455. The lowest BCUT2D eigenvalue weighted by atomic mass is 10.1. The van der Waals surface area contributed by atoms with Crippen LogP contribution in [0.2, 0.25) is 0 Å². The lowest BCUT2D eigenvalue weighted by molar-refractivity contribution is -0.0509. The Kier molecular flexibility index (Phi) is 3.50. The molecule has 9 nitrogen and oxygen atoms in total. The van der Waals surface area contributed by atoms with Gasteiger partial charge in [-0.1, -0.05) is 0 Å². The molecule has 3 heterocycles. The third-order valence-corrected chi connectivity index (χ3v) is 4.05. The predicted octanol–water partition coefficient (Wildman–Crippen LogP) is -1.32. The number of aromatic amines is 1. The highest BCUT2D eigenvalue weighted by Gasteiger charge is 2.44. The van der Waals surface area contributed by atoms with Gasteiger partial charge in [0, 0.05) is 6.20 Å². The summed E-state index contributed by atoms with van der Waals surface area (Å²) in [4.78, 5) is 18.3. The van der Waals surface area contributed by atoms with Crippen LogP contribution < -0.4 is 11.3 Å². The molecule has 10 heteroatoms. The number of fused-ring (bicyclic) bond motifs is 1. The summed E-state index contributed by atoms with van der Waals surface area (Å²) in [6.07, 6.45) is -2.91. The zero-order valence-electron chi connectivity index (χ0n) is 10.6. The largest absolute Gasteiger partial charge is 0.394 e. The van der Waals surface area contributed by atoms with Gasteiger partial charge in [-0.3, -0.25) is 9.78 Å². The fourth-order valence-corrected chi connectivity index (χ4v) is 3.01. The molecule has 0 amide bonds. The topological polar surface area (TPSA) is 147 Å². The van der Waals surface area contributed by atoms with Crippen molar-refractivity contribution in [2.75, 3.05) is 12.3 Å². The maximum absolute atomic E-state index is 11.9. The van der Waals surface area contributed by atoms with Crippen molar-refractivity contribution in [3.05, 3.63) is 21.0 Å². The van der Waals surface area contributed by atoms with Crippen molar-refractivity contribution in [3.8, 4) is 0 Å². The van der Waals surface area contributed by atoms with E-state index in [-0.39, 0.29) is 17.0 Å². The van der Waals surface area contributed by atoms with E-state index >= 15 is 0 Å². The number of nitrogens with one attached hydrogen (secondary N) is 1. The lowest BCUT2D eigenvalue weighted by Crippen LogP contribution is -2.33. The molecule has 4 atom stereocenters. The Morgan fingerprint density at radius 1 is 1.48 bits per heavy atom. The average Bonchev–Trinajstić information content (AvgIpc) is 2.89. The maximum Gasteiger partial charge on any atom is 0.262 e. The number of aromatic nitrogens is 3. The van der Waals surface area contributed by atoms with Crippen molar-refractivity contribution in [1.29, 1.82) is 0 Å². The van der Waals surface area contributed by atoms with Crippen molar-refractivity contribution in [2.45, 2.75) is 24.5 Å². The van der Waals surface area contributed by atoms with Crippen LogP contribution in [0.5, 0.6) is 0 Å². The minimum absolute atomic E-state index is 0.0777. The number of nitrogens with zero attached hydrogens (tertiary/aromatic N) is 2. The van der Waals surface area contributed by atoms with Crippen molar-refractivity contribution in [1.82, 2.24) is 14.5 Å². The Hall–Kier alpha value is -1.46. The Morgan fingerprint density at radius 3 is 2.81 bits per heavy atom. The number of hydrogen-bond donors (Lipinski definition) is 5. The maximum atomic E-state index is 11.9. The zero-order chi connectivity index (χ0) is 15.3. The van der Waals surface area contributed by atoms with Gasteiger partial charge in [0.15, 0.2) is 11.9 Å². The van der Waals surface area contributed by atoms with Crippen LogP contribution in [0.25, 0.3) is 11.0 Å². The number of aliphatic hydroxyl groups is 3. The highest BCUT2D eigenvalue weighted by atomic mass is 79.9. The smallest absolute Gasteiger partial charge is 0.262 e. The molecule has 2 aromatic rings. The van der Waals surface area contributed by atoms with Crippen molar-refractivity contribution in [2.24, 2.45) is 0 Å². The molecule has 0 saturated carbocycles. The summed E-state index contributed by atoms with van der Waals surface area (Å²) in [5.74, 6) is -0.0777. The Bertz CT molecular complexity index is 744. The van der Waals surface area contributed by atoms with E-state index in [4.69, 9.17) is 15.6 Å². The second-order valence-corrected chi connectivity index (χ2v) is 5.62. The summed E-state index contributed by atoms with van der Waals surface area (Å²) >= 11 is 3.24. The molecule has 0 radical (unpaired) electrons. The van der Waals surface area contributed by atoms with Crippen molar-refractivity contribution in [3.63, 3.8) is 0 Å². The minimum atomic E-state index is -1.27. The minimum Gasteiger partial charge on any atom is -0.394 e. The Morgan fingerprint density at radius 2 is 2.19 bits per heavy atom. The summed E-state index contributed by atoms with van der Waals surface area (Å²) in [5, 5.41) is 29.2. The van der Waals surface area contributed by atoms with Gasteiger partial charge >= 0.3 is 0 Å². The van der Waals surface area contributed by atoms with E-state index in [0.717, 1.165) is 0 Å². The van der Waals surface area contributed by atoms with Gasteiger partial charge in [-0.25, -0.2) is 0 Å². The molecule has 21 heavy (non-hydrogen) atoms. The highest BCUT2D eigenvalue weighted by molar-refractivity contribution is 9.10. The van der Waals surface area contributed by atoms with E-state index in [1.807, 2.05) is 0 Å². The standard InChI is InChI=1S/C11H13BrN4O5/c12-3-1-16(8-5(3)9(20)15-11(13)14-8)10-7(19)6(18)4(2-17)21-10/h1,4,6-7,10,17-19H,2H2,(H3,13,14,15,20)/t4-,6-,7-,10-/m1/s1. The summed E-state index contributed by atoms with van der Waals surface area (Å²) in [6, 6.07) is 0. The molecule has 114 valence electrons. The second-order valence-electron chi connectivity index (χ2n) is 4.76. The predicted molar refractivity (Wildman–Crippen MR) is 75.5 cm³/mol. The number of aliphatic hydroxyl groups excluding tert-OH is 3. The fourth-order valence-electron chi connectivity index (χ4n) is 2.43. The van der Waals surface area contributed by atoms with E-state index in [9.17, 15) is 15.0 Å². The van der Waals surface area contributed by atoms with Crippen molar-refractivity contribution < 1.29 is 20.1 Å². The van der Waals surface area contributed by atoms with E-state index in [1.54, 1.807) is 0 Å². The van der Waals surface area contributed by atoms with Gasteiger partial charge < -0.3 is 30.4 Å². The number of ether oxygens (including phenoxy) is 1. The van der Waals surface area contributed by atoms with Crippen LogP contribution in [-0.4, -0.2) is 54.8 Å². The van der Waals surface area contributed by atoms with Crippen LogP contribution in [0.1, 0.15) is 6.23 Å². The number of nitrogen functional groups attached to an aromatic ring is 1. The average molecular weight is 361 g/mol. The highest BCUT2D eigenvalue weighted by Crippen LogP contribution is 2.33. The molecule has 0 aliphatic carbocycles. The number of anilines is 1. The van der Waals surface area contributed by atoms with E-state index in [0.29, 0.717) is 4.47 Å². The summed E-state index contributed by atoms with van der Waals surface area (Å²) in [5.41, 5.74) is 5.30. The van der Waals surface area contributed by atoms with E-state index in [2.05, 4.69) is 25.9 Å². The lowest BCUT2D eigenvalue weighted by Gasteiger charge is -2.17. The summed E-state index contributed by atoms with van der Waals surface area (Å²) in [6.45, 7) is -0.439. The van der Waals surface area contributed by atoms with Crippen molar-refractivity contribution >= 4 is 32.9 Å². The molecule has 6 N–H and O–H groups in total. The van der Waals surface area contributed by atoms with Crippen LogP contribution in [0.15, 0.2) is 15.5 Å².